The third-order valence-corrected chi connectivity index (χ3v) is 4.08. The Hall–Kier alpha value is -1.07. The average Bonchev–Trinajstić information content (AvgIpc) is 2.89. The summed E-state index contributed by atoms with van der Waals surface area (Å²) in [4.78, 5) is 20.4. The second kappa shape index (κ2) is 4.31. The predicted octanol–water partition coefficient (Wildman–Crippen LogP) is 1.07. The molecular weight excluding hydrogens is 240 g/mol. The molecule has 2 atom stereocenters. The fourth-order valence-electron chi connectivity index (χ4n) is 2.91. The van der Waals surface area contributed by atoms with E-state index >= 15 is 0 Å². The van der Waals surface area contributed by atoms with Gasteiger partial charge in [0.05, 0.1) is 6.33 Å². The molecule has 2 aliphatic rings. The van der Waals surface area contributed by atoms with Crippen molar-refractivity contribution in [3.63, 3.8) is 0 Å². The topological polar surface area (TPSA) is 61.0 Å². The van der Waals surface area contributed by atoms with Gasteiger partial charge >= 0.3 is 0 Å². The van der Waals surface area contributed by atoms with Gasteiger partial charge in [-0.3, -0.25) is 9.69 Å². The lowest BCUT2D eigenvalue weighted by atomic mass is 10.1. The van der Waals surface area contributed by atoms with E-state index in [2.05, 4.69) is 20.2 Å². The van der Waals surface area contributed by atoms with Gasteiger partial charge in [-0.1, -0.05) is 11.6 Å². The summed E-state index contributed by atoms with van der Waals surface area (Å²) in [5, 5.41) is 3.47. The zero-order valence-electron chi connectivity index (χ0n) is 9.45. The second-order valence-corrected chi connectivity index (χ2v) is 5.06. The lowest BCUT2D eigenvalue weighted by Crippen LogP contribution is -2.34. The van der Waals surface area contributed by atoms with Gasteiger partial charge in [0.2, 0.25) is 0 Å². The van der Waals surface area contributed by atoms with Gasteiger partial charge in [0.1, 0.15) is 5.02 Å². The number of nitrogens with zero attached hydrogens (tertiary/aromatic N) is 2. The van der Waals surface area contributed by atoms with Crippen LogP contribution in [-0.4, -0.2) is 40.0 Å². The maximum atomic E-state index is 11.4. The van der Waals surface area contributed by atoms with Crippen molar-refractivity contribution in [1.29, 1.82) is 0 Å². The molecule has 2 saturated heterocycles. The molecule has 5 nitrogen and oxygen atoms in total. The summed E-state index contributed by atoms with van der Waals surface area (Å²) in [6.07, 6.45) is 4.96. The number of H-pyrrole nitrogens is 1. The van der Waals surface area contributed by atoms with E-state index in [0.717, 1.165) is 13.0 Å². The highest BCUT2D eigenvalue weighted by Gasteiger charge is 2.37. The first-order valence-corrected chi connectivity index (χ1v) is 6.37. The van der Waals surface area contributed by atoms with Crippen molar-refractivity contribution >= 4 is 17.4 Å². The molecule has 1 aromatic rings. The molecule has 2 aliphatic heterocycles. The molecule has 92 valence electrons. The normalized spacial score (nSPS) is 28.3. The van der Waals surface area contributed by atoms with Gasteiger partial charge in [-0.05, 0) is 25.8 Å². The van der Waals surface area contributed by atoms with Gasteiger partial charge in [0.15, 0.2) is 5.82 Å². The highest BCUT2D eigenvalue weighted by molar-refractivity contribution is 6.32. The van der Waals surface area contributed by atoms with Crippen LogP contribution >= 0.6 is 11.6 Å². The molecule has 0 aliphatic carbocycles. The van der Waals surface area contributed by atoms with Crippen LogP contribution in [0.4, 0.5) is 5.82 Å². The molecule has 0 amide bonds. The van der Waals surface area contributed by atoms with Crippen molar-refractivity contribution in [2.24, 2.45) is 0 Å². The van der Waals surface area contributed by atoms with Crippen LogP contribution in [0.5, 0.6) is 0 Å². The molecule has 2 N–H and O–H groups in total. The molecule has 0 bridgehead atoms. The van der Waals surface area contributed by atoms with Crippen LogP contribution in [0.25, 0.3) is 0 Å². The molecule has 3 heterocycles. The molecular formula is C11H15ClN4O. The van der Waals surface area contributed by atoms with Crippen LogP contribution in [-0.2, 0) is 0 Å². The second-order valence-electron chi connectivity index (χ2n) is 4.68. The van der Waals surface area contributed by atoms with Gasteiger partial charge in [-0.15, -0.1) is 0 Å². The Morgan fingerprint density at radius 1 is 1.47 bits per heavy atom. The fourth-order valence-corrected chi connectivity index (χ4v) is 3.07. The lowest BCUT2D eigenvalue weighted by molar-refractivity contribution is 0.318. The minimum atomic E-state index is -0.287. The maximum absolute atomic E-state index is 11.4. The molecule has 2 fully saturated rings. The third-order valence-electron chi connectivity index (χ3n) is 3.72. The van der Waals surface area contributed by atoms with Crippen LogP contribution in [0.15, 0.2) is 11.1 Å². The number of hydrogen-bond donors (Lipinski definition) is 2. The molecule has 0 spiro atoms. The highest BCUT2D eigenvalue weighted by Crippen LogP contribution is 2.30. The van der Waals surface area contributed by atoms with Crippen molar-refractivity contribution < 1.29 is 0 Å². The Bertz CT molecular complexity index is 475. The number of hydrogen-bond acceptors (Lipinski definition) is 4. The van der Waals surface area contributed by atoms with Crippen molar-refractivity contribution in [2.75, 3.05) is 18.4 Å². The first-order valence-electron chi connectivity index (χ1n) is 5.99. The summed E-state index contributed by atoms with van der Waals surface area (Å²) >= 11 is 5.93. The molecule has 1 aromatic heterocycles. The smallest absolute Gasteiger partial charge is 0.271 e. The quantitative estimate of drug-likeness (QED) is 0.829. The summed E-state index contributed by atoms with van der Waals surface area (Å²) < 4.78 is 0. The van der Waals surface area contributed by atoms with Crippen LogP contribution in [0, 0.1) is 0 Å². The minimum Gasteiger partial charge on any atom is -0.364 e. The standard InChI is InChI=1S/C11H15ClN4O/c12-9-10(13-6-14-11(9)17)15-7-3-5-16-4-1-2-8(7)16/h6-8H,1-5H2,(H2,13,14,15,17). The van der Waals surface area contributed by atoms with Crippen molar-refractivity contribution in [3.8, 4) is 0 Å². The van der Waals surface area contributed by atoms with Crippen LogP contribution in [0.1, 0.15) is 19.3 Å². The van der Waals surface area contributed by atoms with Crippen molar-refractivity contribution in [2.45, 2.75) is 31.3 Å². The molecule has 0 aromatic carbocycles. The fraction of sp³-hybridized carbons (Fsp3) is 0.636. The summed E-state index contributed by atoms with van der Waals surface area (Å²) in [5.41, 5.74) is -0.287. The Morgan fingerprint density at radius 3 is 3.24 bits per heavy atom. The number of aromatic amines is 1. The predicted molar refractivity (Wildman–Crippen MR) is 66.5 cm³/mol. The number of nitrogens with one attached hydrogen (secondary N) is 2. The first kappa shape index (κ1) is 11.0. The molecule has 2 unspecified atom stereocenters. The lowest BCUT2D eigenvalue weighted by Gasteiger charge is -2.21. The monoisotopic (exact) mass is 254 g/mol. The van der Waals surface area contributed by atoms with Gasteiger partial charge < -0.3 is 10.3 Å². The zero-order chi connectivity index (χ0) is 11.8. The van der Waals surface area contributed by atoms with Crippen LogP contribution < -0.4 is 10.9 Å². The largest absolute Gasteiger partial charge is 0.364 e. The van der Waals surface area contributed by atoms with Crippen molar-refractivity contribution in [3.05, 3.63) is 21.7 Å². The van der Waals surface area contributed by atoms with E-state index in [1.807, 2.05) is 0 Å². The zero-order valence-corrected chi connectivity index (χ0v) is 10.2. The van der Waals surface area contributed by atoms with E-state index in [4.69, 9.17) is 11.6 Å². The highest BCUT2D eigenvalue weighted by atomic mass is 35.5. The molecule has 6 heteroatoms. The Kier molecular flexibility index (Phi) is 2.80. The van der Waals surface area contributed by atoms with Gasteiger partial charge in [-0.25, -0.2) is 4.98 Å². The van der Waals surface area contributed by atoms with Crippen molar-refractivity contribution in [1.82, 2.24) is 14.9 Å². The number of anilines is 1. The van der Waals surface area contributed by atoms with Gasteiger partial charge in [-0.2, -0.15) is 0 Å². The number of halogens is 1. The SMILES string of the molecule is O=c1[nH]cnc(NC2CCN3CCCC23)c1Cl. The van der Waals surface area contributed by atoms with E-state index in [1.165, 1.54) is 25.7 Å². The Morgan fingerprint density at radius 2 is 2.35 bits per heavy atom. The molecule has 3 rings (SSSR count). The van der Waals surface area contributed by atoms with Gasteiger partial charge in [0.25, 0.3) is 5.56 Å². The summed E-state index contributed by atoms with van der Waals surface area (Å²) in [7, 11) is 0. The Balaban J connectivity index is 1.79. The van der Waals surface area contributed by atoms with E-state index in [0.29, 0.717) is 17.9 Å². The first-order chi connectivity index (χ1) is 8.25. The van der Waals surface area contributed by atoms with E-state index in [-0.39, 0.29) is 10.6 Å². The molecule has 17 heavy (non-hydrogen) atoms. The number of aromatic nitrogens is 2. The van der Waals surface area contributed by atoms with E-state index in [9.17, 15) is 4.79 Å². The minimum absolute atomic E-state index is 0.156. The number of rotatable bonds is 2. The van der Waals surface area contributed by atoms with Crippen LogP contribution in [0.3, 0.4) is 0 Å². The third kappa shape index (κ3) is 1.93. The van der Waals surface area contributed by atoms with E-state index in [1.54, 1.807) is 0 Å². The Labute approximate surface area is 104 Å². The summed E-state index contributed by atoms with van der Waals surface area (Å²) in [6, 6.07) is 0.941. The number of fused-ring (bicyclic) bond motifs is 1. The van der Waals surface area contributed by atoms with Crippen LogP contribution in [0.2, 0.25) is 5.02 Å². The average molecular weight is 255 g/mol. The molecule has 0 saturated carbocycles. The van der Waals surface area contributed by atoms with Gasteiger partial charge in [0, 0.05) is 18.6 Å². The van der Waals surface area contributed by atoms with E-state index < -0.39 is 0 Å². The summed E-state index contributed by atoms with van der Waals surface area (Å²) in [6.45, 7) is 2.32. The summed E-state index contributed by atoms with van der Waals surface area (Å²) in [5.74, 6) is 0.508. The molecule has 0 radical (unpaired) electrons. The maximum Gasteiger partial charge on any atom is 0.271 e.